The lowest BCUT2D eigenvalue weighted by molar-refractivity contribution is 0.414. The summed E-state index contributed by atoms with van der Waals surface area (Å²) in [6.07, 6.45) is 0. The molecule has 0 aliphatic heterocycles. The van der Waals surface area contributed by atoms with Gasteiger partial charge in [0.05, 0.1) is 36.9 Å². The summed E-state index contributed by atoms with van der Waals surface area (Å²) in [5.74, 6) is 2.01. The van der Waals surface area contributed by atoms with E-state index in [2.05, 4.69) is 15.1 Å². The molecule has 1 N–H and O–H groups in total. The molecule has 7 nitrogen and oxygen atoms in total. The zero-order chi connectivity index (χ0) is 22.7. The third-order valence-electron chi connectivity index (χ3n) is 5.12. The Morgan fingerprint density at radius 3 is 2.16 bits per heavy atom. The number of aliphatic imine (C=N–C) groups is 1. The second kappa shape index (κ2) is 8.93. The number of ether oxygens (including phenoxy) is 2. The number of nitrogens with one attached hydrogen (secondary N) is 1. The molecule has 0 fully saturated rings. The molecule has 0 atom stereocenters. The largest absolute Gasteiger partial charge is 0.497 e. The fraction of sp³-hybridized carbons (Fsp3) is 0.160. The molecular weight excluding hydrogens is 404 g/mol. The average Bonchev–Trinajstić information content (AvgIpc) is 3.16. The van der Waals surface area contributed by atoms with Crippen LogP contribution in [-0.4, -0.2) is 34.7 Å². The van der Waals surface area contributed by atoms with Gasteiger partial charge >= 0.3 is 0 Å². The summed E-state index contributed by atoms with van der Waals surface area (Å²) in [5.41, 5.74) is 3.92. The van der Waals surface area contributed by atoms with Gasteiger partial charge in [0.2, 0.25) is 0 Å². The summed E-state index contributed by atoms with van der Waals surface area (Å²) >= 11 is 0. The van der Waals surface area contributed by atoms with Gasteiger partial charge in [0.25, 0.3) is 5.56 Å². The maximum atomic E-state index is 13.5. The second-order valence-electron chi connectivity index (χ2n) is 7.26. The fourth-order valence-corrected chi connectivity index (χ4v) is 3.47. The van der Waals surface area contributed by atoms with Crippen molar-refractivity contribution in [1.29, 1.82) is 0 Å². The Kier molecular flexibility index (Phi) is 5.89. The lowest BCUT2D eigenvalue weighted by atomic mass is 10.0. The van der Waals surface area contributed by atoms with E-state index in [0.29, 0.717) is 34.2 Å². The number of rotatable bonds is 6. The van der Waals surface area contributed by atoms with Gasteiger partial charge in [-0.2, -0.15) is 0 Å². The topological polar surface area (TPSA) is 81.5 Å². The monoisotopic (exact) mass is 428 g/mol. The number of pyridine rings is 1. The number of methoxy groups -OCH3 is 2. The smallest absolute Gasteiger partial charge is 0.280 e. The molecule has 0 saturated heterocycles. The minimum atomic E-state index is -0.199. The number of benzene rings is 2. The summed E-state index contributed by atoms with van der Waals surface area (Å²) in [6, 6.07) is 20.4. The summed E-state index contributed by atoms with van der Waals surface area (Å²) < 4.78 is 12.0. The van der Waals surface area contributed by atoms with E-state index < -0.39 is 0 Å². The molecule has 0 saturated carbocycles. The van der Waals surface area contributed by atoms with Gasteiger partial charge < -0.3 is 9.47 Å². The minimum absolute atomic E-state index is 0.199. The van der Waals surface area contributed by atoms with Crippen molar-refractivity contribution in [3.8, 4) is 28.4 Å². The van der Waals surface area contributed by atoms with Gasteiger partial charge in [0.1, 0.15) is 11.5 Å². The van der Waals surface area contributed by atoms with E-state index in [9.17, 15) is 4.79 Å². The van der Waals surface area contributed by atoms with Crippen LogP contribution in [0.1, 0.15) is 18.2 Å². The van der Waals surface area contributed by atoms with Crippen molar-refractivity contribution in [1.82, 2.24) is 14.8 Å². The molecule has 32 heavy (non-hydrogen) atoms. The van der Waals surface area contributed by atoms with Crippen molar-refractivity contribution >= 4 is 11.5 Å². The average molecular weight is 428 g/mol. The SMILES string of the molecule is COc1ccc(-c2[nH]n(-c3ccc(OC)cc3)c(=O)c2/C(C)=N/c2cccc(C)n2)cc1. The van der Waals surface area contributed by atoms with Crippen molar-refractivity contribution in [2.24, 2.45) is 4.99 Å². The first-order chi connectivity index (χ1) is 15.5. The Morgan fingerprint density at radius 2 is 1.56 bits per heavy atom. The first kappa shape index (κ1) is 21.1. The van der Waals surface area contributed by atoms with Crippen LogP contribution < -0.4 is 15.0 Å². The summed E-state index contributed by atoms with van der Waals surface area (Å²) in [7, 11) is 3.23. The highest BCUT2D eigenvalue weighted by Crippen LogP contribution is 2.25. The van der Waals surface area contributed by atoms with Gasteiger partial charge in [-0.05, 0) is 74.5 Å². The molecular formula is C25H24N4O3. The number of hydrogen-bond donors (Lipinski definition) is 1. The molecule has 0 amide bonds. The summed E-state index contributed by atoms with van der Waals surface area (Å²) in [5, 5.41) is 3.26. The van der Waals surface area contributed by atoms with Crippen LogP contribution in [0.3, 0.4) is 0 Å². The maximum Gasteiger partial charge on any atom is 0.280 e. The molecule has 162 valence electrons. The molecule has 0 aliphatic rings. The first-order valence-corrected chi connectivity index (χ1v) is 10.1. The van der Waals surface area contributed by atoms with Crippen molar-refractivity contribution in [2.45, 2.75) is 13.8 Å². The minimum Gasteiger partial charge on any atom is -0.497 e. The van der Waals surface area contributed by atoms with Crippen LogP contribution in [0, 0.1) is 6.92 Å². The molecule has 0 aliphatic carbocycles. The molecule has 2 heterocycles. The molecule has 2 aromatic carbocycles. The zero-order valence-corrected chi connectivity index (χ0v) is 18.4. The van der Waals surface area contributed by atoms with Gasteiger partial charge in [-0.1, -0.05) is 6.07 Å². The first-order valence-electron chi connectivity index (χ1n) is 10.1. The van der Waals surface area contributed by atoms with Gasteiger partial charge in [-0.15, -0.1) is 0 Å². The van der Waals surface area contributed by atoms with Crippen molar-refractivity contribution in [3.63, 3.8) is 0 Å². The van der Waals surface area contributed by atoms with Crippen LogP contribution >= 0.6 is 0 Å². The zero-order valence-electron chi connectivity index (χ0n) is 18.4. The third-order valence-corrected chi connectivity index (χ3v) is 5.12. The molecule has 0 unspecified atom stereocenters. The highest BCUT2D eigenvalue weighted by molar-refractivity contribution is 6.04. The Morgan fingerprint density at radius 1 is 0.938 bits per heavy atom. The van der Waals surface area contributed by atoms with Gasteiger partial charge in [-0.25, -0.2) is 14.7 Å². The van der Waals surface area contributed by atoms with Crippen LogP contribution in [-0.2, 0) is 0 Å². The van der Waals surface area contributed by atoms with Crippen LogP contribution in [0.15, 0.2) is 76.5 Å². The second-order valence-corrected chi connectivity index (χ2v) is 7.26. The quantitative estimate of drug-likeness (QED) is 0.452. The van der Waals surface area contributed by atoms with Crippen LogP contribution in [0.5, 0.6) is 11.5 Å². The standard InChI is InChI=1S/C25H24N4O3/c1-16-6-5-7-22(26-16)27-17(2)23-24(18-8-12-20(31-3)13-9-18)28-29(25(23)30)19-10-14-21(32-4)15-11-19/h5-15,28H,1-4H3/b27-17+. The number of nitrogens with zero attached hydrogens (tertiary/aromatic N) is 3. The number of aryl methyl sites for hydroxylation is 1. The molecule has 7 heteroatoms. The highest BCUT2D eigenvalue weighted by atomic mass is 16.5. The number of H-pyrrole nitrogens is 1. The van der Waals surface area contributed by atoms with E-state index in [4.69, 9.17) is 9.47 Å². The van der Waals surface area contributed by atoms with Crippen LogP contribution in [0.25, 0.3) is 16.9 Å². The predicted molar refractivity (Wildman–Crippen MR) is 126 cm³/mol. The van der Waals surface area contributed by atoms with E-state index in [0.717, 1.165) is 17.0 Å². The maximum absolute atomic E-state index is 13.5. The Labute approximate surface area is 186 Å². The van der Waals surface area contributed by atoms with Crippen LogP contribution in [0.2, 0.25) is 0 Å². The van der Waals surface area contributed by atoms with E-state index in [-0.39, 0.29) is 5.56 Å². The van der Waals surface area contributed by atoms with Crippen molar-refractivity contribution in [2.75, 3.05) is 14.2 Å². The van der Waals surface area contributed by atoms with Gasteiger partial charge in [0, 0.05) is 11.3 Å². The van der Waals surface area contributed by atoms with E-state index in [1.54, 1.807) is 14.2 Å². The number of aromatic amines is 1. The Hall–Kier alpha value is -4.13. The van der Waals surface area contributed by atoms with E-state index in [1.807, 2.05) is 80.6 Å². The lowest BCUT2D eigenvalue weighted by Crippen LogP contribution is -2.19. The Balaban J connectivity index is 1.89. The molecule has 0 bridgehead atoms. The number of aromatic nitrogens is 3. The molecule has 2 aromatic heterocycles. The normalized spacial score (nSPS) is 11.4. The van der Waals surface area contributed by atoms with Gasteiger partial charge in [-0.3, -0.25) is 9.89 Å². The highest BCUT2D eigenvalue weighted by Gasteiger charge is 2.19. The molecule has 4 aromatic rings. The van der Waals surface area contributed by atoms with Crippen molar-refractivity contribution < 1.29 is 9.47 Å². The van der Waals surface area contributed by atoms with Gasteiger partial charge in [0.15, 0.2) is 5.82 Å². The van der Waals surface area contributed by atoms with E-state index >= 15 is 0 Å². The lowest BCUT2D eigenvalue weighted by Gasteiger charge is -2.05. The molecule has 0 radical (unpaired) electrons. The summed E-state index contributed by atoms with van der Waals surface area (Å²) in [4.78, 5) is 22.6. The summed E-state index contributed by atoms with van der Waals surface area (Å²) in [6.45, 7) is 3.73. The van der Waals surface area contributed by atoms with E-state index in [1.165, 1.54) is 4.68 Å². The van der Waals surface area contributed by atoms with Crippen molar-refractivity contribution in [3.05, 3.63) is 88.3 Å². The Bertz CT molecular complexity index is 1320. The number of hydrogen-bond acceptors (Lipinski definition) is 5. The predicted octanol–water partition coefficient (Wildman–Crippen LogP) is 4.69. The third kappa shape index (κ3) is 4.18. The molecule has 4 rings (SSSR count). The fourth-order valence-electron chi connectivity index (χ4n) is 3.47. The molecule has 0 spiro atoms. The van der Waals surface area contributed by atoms with Crippen LogP contribution in [0.4, 0.5) is 5.82 Å².